The van der Waals surface area contributed by atoms with Gasteiger partial charge in [0.05, 0.1) is 18.9 Å². The van der Waals surface area contributed by atoms with Crippen LogP contribution in [0.15, 0.2) is 64.1 Å². The maximum atomic E-state index is 12.6. The number of thioether (sulfide) groups is 2. The quantitative estimate of drug-likeness (QED) is 0.195. The van der Waals surface area contributed by atoms with Crippen molar-refractivity contribution in [1.29, 1.82) is 0 Å². The van der Waals surface area contributed by atoms with Gasteiger partial charge in [-0.15, -0.1) is 20.4 Å². The molecule has 4 aromatic rings. The molecule has 2 amide bonds. The number of carbonyl (C=O) groups is 2. The second-order valence-corrected chi connectivity index (χ2v) is 10.8. The fraction of sp³-hybridized carbons (Fsp3) is 0.250. The monoisotopic (exact) mass is 555 g/mol. The number of anilines is 1. The average molecular weight is 556 g/mol. The van der Waals surface area contributed by atoms with E-state index in [0.29, 0.717) is 28.3 Å². The molecule has 0 saturated carbocycles. The molecule has 0 aliphatic rings. The molecular formula is C24H25N7O3S3. The standard InChI is InChI=1S/C24H25N7O3S3/c1-3-34-18-12-10-17(11-13-18)31-19(14-25-21(33)16-8-6-5-7-9-16)27-29-23(31)36-15-20(32)26-22-28-30-24(37-22)35-4-2/h5-13H,3-4,14-15H2,1-2H3,(H,25,33)(H,26,28,32). The summed E-state index contributed by atoms with van der Waals surface area (Å²) in [6.07, 6.45) is 0. The molecule has 0 bridgehead atoms. The van der Waals surface area contributed by atoms with Gasteiger partial charge in [0.2, 0.25) is 11.0 Å². The van der Waals surface area contributed by atoms with Gasteiger partial charge < -0.3 is 10.1 Å². The second kappa shape index (κ2) is 13.2. The topological polar surface area (TPSA) is 124 Å². The Morgan fingerprint density at radius 3 is 2.49 bits per heavy atom. The zero-order chi connectivity index (χ0) is 26.0. The van der Waals surface area contributed by atoms with E-state index < -0.39 is 0 Å². The molecule has 13 heteroatoms. The van der Waals surface area contributed by atoms with Crippen LogP contribution in [-0.2, 0) is 11.3 Å². The van der Waals surface area contributed by atoms with Gasteiger partial charge in [0.1, 0.15) is 5.75 Å². The van der Waals surface area contributed by atoms with E-state index in [1.54, 1.807) is 23.9 Å². The molecule has 192 valence electrons. The molecule has 0 atom stereocenters. The van der Waals surface area contributed by atoms with E-state index in [-0.39, 0.29) is 24.1 Å². The molecule has 37 heavy (non-hydrogen) atoms. The maximum absolute atomic E-state index is 12.6. The SMILES string of the molecule is CCOc1ccc(-n2c(CNC(=O)c3ccccc3)nnc2SCC(=O)Nc2nnc(SCC)s2)cc1. The van der Waals surface area contributed by atoms with Gasteiger partial charge in [-0.05, 0) is 49.1 Å². The van der Waals surface area contributed by atoms with Crippen LogP contribution >= 0.6 is 34.9 Å². The third-order valence-electron chi connectivity index (χ3n) is 4.80. The van der Waals surface area contributed by atoms with Crippen LogP contribution in [0.25, 0.3) is 5.69 Å². The van der Waals surface area contributed by atoms with Crippen molar-refractivity contribution in [3.8, 4) is 11.4 Å². The fourth-order valence-corrected chi connectivity index (χ4v) is 5.64. The summed E-state index contributed by atoms with van der Waals surface area (Å²) in [7, 11) is 0. The summed E-state index contributed by atoms with van der Waals surface area (Å²) in [5.41, 5.74) is 1.34. The fourth-order valence-electron chi connectivity index (χ4n) is 3.20. The van der Waals surface area contributed by atoms with Gasteiger partial charge in [0.25, 0.3) is 5.91 Å². The van der Waals surface area contributed by atoms with Crippen molar-refractivity contribution in [3.05, 3.63) is 66.0 Å². The van der Waals surface area contributed by atoms with Gasteiger partial charge in [-0.2, -0.15) is 0 Å². The predicted molar refractivity (Wildman–Crippen MR) is 146 cm³/mol. The van der Waals surface area contributed by atoms with Crippen LogP contribution < -0.4 is 15.4 Å². The Bertz CT molecular complexity index is 1330. The molecular weight excluding hydrogens is 531 g/mol. The molecule has 2 aromatic heterocycles. The number of ether oxygens (including phenoxy) is 1. The molecule has 10 nitrogen and oxygen atoms in total. The first-order chi connectivity index (χ1) is 18.1. The van der Waals surface area contributed by atoms with Crippen molar-refractivity contribution in [2.75, 3.05) is 23.4 Å². The number of nitrogens with one attached hydrogen (secondary N) is 2. The molecule has 2 aromatic carbocycles. The zero-order valence-corrected chi connectivity index (χ0v) is 22.7. The third-order valence-corrected chi connectivity index (χ3v) is 7.59. The van der Waals surface area contributed by atoms with Gasteiger partial charge >= 0.3 is 0 Å². The molecule has 4 rings (SSSR count). The molecule has 0 aliphatic carbocycles. The van der Waals surface area contributed by atoms with Crippen LogP contribution in [0.1, 0.15) is 30.0 Å². The number of rotatable bonds is 12. The summed E-state index contributed by atoms with van der Waals surface area (Å²) in [6, 6.07) is 16.4. The van der Waals surface area contributed by atoms with E-state index in [0.717, 1.165) is 21.5 Å². The third kappa shape index (κ3) is 7.31. The molecule has 2 heterocycles. The van der Waals surface area contributed by atoms with Crippen LogP contribution in [0.3, 0.4) is 0 Å². The van der Waals surface area contributed by atoms with Crippen LogP contribution in [0.5, 0.6) is 5.75 Å². The van der Waals surface area contributed by atoms with E-state index in [1.807, 2.05) is 60.9 Å². The highest BCUT2D eigenvalue weighted by Crippen LogP contribution is 2.27. The predicted octanol–water partition coefficient (Wildman–Crippen LogP) is 4.29. The van der Waals surface area contributed by atoms with Gasteiger partial charge in [0, 0.05) is 11.3 Å². The molecule has 0 saturated heterocycles. The largest absolute Gasteiger partial charge is 0.494 e. The van der Waals surface area contributed by atoms with Crippen molar-refractivity contribution < 1.29 is 14.3 Å². The summed E-state index contributed by atoms with van der Waals surface area (Å²) in [5.74, 6) is 1.81. The first-order valence-electron chi connectivity index (χ1n) is 11.5. The molecule has 0 unspecified atom stereocenters. The minimum Gasteiger partial charge on any atom is -0.494 e. The van der Waals surface area contributed by atoms with Gasteiger partial charge in [0.15, 0.2) is 15.3 Å². The number of nitrogens with zero attached hydrogens (tertiary/aromatic N) is 5. The van der Waals surface area contributed by atoms with Gasteiger partial charge in [-0.25, -0.2) is 0 Å². The van der Waals surface area contributed by atoms with E-state index in [2.05, 4.69) is 31.0 Å². The Morgan fingerprint density at radius 1 is 0.973 bits per heavy atom. The van der Waals surface area contributed by atoms with E-state index in [4.69, 9.17) is 4.74 Å². The lowest BCUT2D eigenvalue weighted by atomic mass is 10.2. The van der Waals surface area contributed by atoms with Crippen LogP contribution in [0.4, 0.5) is 5.13 Å². The van der Waals surface area contributed by atoms with Gasteiger partial charge in [-0.3, -0.25) is 19.5 Å². The van der Waals surface area contributed by atoms with Crippen LogP contribution in [-0.4, -0.2) is 54.9 Å². The lowest BCUT2D eigenvalue weighted by Crippen LogP contribution is -2.24. The number of benzene rings is 2. The highest BCUT2D eigenvalue weighted by Gasteiger charge is 2.18. The van der Waals surface area contributed by atoms with E-state index in [9.17, 15) is 9.59 Å². The number of aromatic nitrogens is 5. The Kier molecular flexibility index (Phi) is 9.52. The van der Waals surface area contributed by atoms with Crippen molar-refractivity contribution in [2.45, 2.75) is 29.9 Å². The van der Waals surface area contributed by atoms with Crippen molar-refractivity contribution >= 4 is 51.8 Å². The number of hydrogen-bond donors (Lipinski definition) is 2. The van der Waals surface area contributed by atoms with Crippen molar-refractivity contribution in [1.82, 2.24) is 30.3 Å². The molecule has 2 N–H and O–H groups in total. The van der Waals surface area contributed by atoms with E-state index >= 15 is 0 Å². The smallest absolute Gasteiger partial charge is 0.251 e. The Labute approximate surface area is 226 Å². The van der Waals surface area contributed by atoms with Gasteiger partial charge in [-0.1, -0.05) is 60.0 Å². The summed E-state index contributed by atoms with van der Waals surface area (Å²) >= 11 is 4.15. The molecule has 0 fully saturated rings. The zero-order valence-electron chi connectivity index (χ0n) is 20.2. The Balaban J connectivity index is 1.48. The minimum absolute atomic E-state index is 0.0986. The van der Waals surface area contributed by atoms with E-state index in [1.165, 1.54) is 23.1 Å². The summed E-state index contributed by atoms with van der Waals surface area (Å²) in [4.78, 5) is 25.1. The Hall–Kier alpha value is -3.42. The lowest BCUT2D eigenvalue weighted by Gasteiger charge is -2.12. The normalized spacial score (nSPS) is 10.8. The highest BCUT2D eigenvalue weighted by molar-refractivity contribution is 8.01. The van der Waals surface area contributed by atoms with Crippen molar-refractivity contribution in [3.63, 3.8) is 0 Å². The van der Waals surface area contributed by atoms with Crippen LogP contribution in [0.2, 0.25) is 0 Å². The maximum Gasteiger partial charge on any atom is 0.251 e. The first-order valence-corrected chi connectivity index (χ1v) is 14.3. The summed E-state index contributed by atoms with van der Waals surface area (Å²) in [6.45, 7) is 4.67. The molecule has 0 aliphatic heterocycles. The first kappa shape index (κ1) is 26.6. The molecule has 0 spiro atoms. The number of hydrogen-bond acceptors (Lipinski definition) is 10. The highest BCUT2D eigenvalue weighted by atomic mass is 32.2. The molecule has 0 radical (unpaired) electrons. The second-order valence-electron chi connectivity index (χ2n) is 7.35. The Morgan fingerprint density at radius 2 is 1.76 bits per heavy atom. The summed E-state index contributed by atoms with van der Waals surface area (Å²) in [5, 5.41) is 23.3. The number of amides is 2. The summed E-state index contributed by atoms with van der Waals surface area (Å²) < 4.78 is 8.18. The number of carbonyl (C=O) groups excluding carboxylic acids is 2. The van der Waals surface area contributed by atoms with Crippen molar-refractivity contribution in [2.24, 2.45) is 0 Å². The van der Waals surface area contributed by atoms with Crippen LogP contribution in [0, 0.1) is 0 Å². The lowest BCUT2D eigenvalue weighted by molar-refractivity contribution is -0.113. The average Bonchev–Trinajstić information content (AvgIpc) is 3.54. The minimum atomic E-state index is -0.227.